The average molecular weight is 427 g/mol. The van der Waals surface area contributed by atoms with E-state index in [-0.39, 0.29) is 23.3 Å². The van der Waals surface area contributed by atoms with Crippen molar-refractivity contribution in [3.63, 3.8) is 0 Å². The van der Waals surface area contributed by atoms with Gasteiger partial charge in [0.2, 0.25) is 27.7 Å². The monoisotopic (exact) mass is 427 g/mol. The highest BCUT2D eigenvalue weighted by Gasteiger charge is 2.35. The molecule has 10 heteroatoms. The number of carbonyl (C=O) groups is 1. The standard InChI is InChI=1S/C20H21N5O4S/c1-13-3-4-15(11-21-13)19-23-24-20(29-19)16-9-10-25(12-16)30(27,28)18-7-5-17(6-8-18)22-14(2)26/h3-8,11,16H,9-10,12H2,1-2H3,(H,22,26)/t16-/m1/s1. The molecule has 9 nitrogen and oxygen atoms in total. The van der Waals surface area contributed by atoms with Crippen LogP contribution in [0.2, 0.25) is 0 Å². The number of pyridine rings is 1. The molecule has 2 aromatic heterocycles. The SMILES string of the molecule is CC(=O)Nc1ccc(S(=O)(=O)N2CC[C@@H](c3nnc(-c4ccc(C)nc4)o3)C2)cc1. The van der Waals surface area contributed by atoms with E-state index < -0.39 is 10.0 Å². The number of amides is 1. The lowest BCUT2D eigenvalue weighted by Crippen LogP contribution is -2.28. The highest BCUT2D eigenvalue weighted by molar-refractivity contribution is 7.89. The highest BCUT2D eigenvalue weighted by atomic mass is 32.2. The summed E-state index contributed by atoms with van der Waals surface area (Å²) < 4.78 is 33.1. The molecule has 1 fully saturated rings. The molecule has 0 spiro atoms. The van der Waals surface area contributed by atoms with Crippen molar-refractivity contribution in [1.82, 2.24) is 19.5 Å². The minimum Gasteiger partial charge on any atom is -0.420 e. The first-order chi connectivity index (χ1) is 14.3. The Morgan fingerprint density at radius 2 is 1.93 bits per heavy atom. The number of hydrogen-bond donors (Lipinski definition) is 1. The molecule has 0 saturated carbocycles. The molecule has 0 radical (unpaired) electrons. The van der Waals surface area contributed by atoms with Gasteiger partial charge in [-0.25, -0.2) is 8.42 Å². The summed E-state index contributed by atoms with van der Waals surface area (Å²) in [5.74, 6) is 0.406. The summed E-state index contributed by atoms with van der Waals surface area (Å²) in [6.45, 7) is 3.92. The minimum atomic E-state index is -3.65. The van der Waals surface area contributed by atoms with Crippen LogP contribution in [0.25, 0.3) is 11.5 Å². The van der Waals surface area contributed by atoms with Gasteiger partial charge in [-0.05, 0) is 49.7 Å². The van der Waals surface area contributed by atoms with E-state index in [2.05, 4.69) is 20.5 Å². The van der Waals surface area contributed by atoms with Crippen molar-refractivity contribution in [2.75, 3.05) is 18.4 Å². The quantitative estimate of drug-likeness (QED) is 0.665. The Morgan fingerprint density at radius 1 is 1.17 bits per heavy atom. The maximum Gasteiger partial charge on any atom is 0.249 e. The molecule has 1 aromatic carbocycles. The molecule has 1 atom stereocenters. The lowest BCUT2D eigenvalue weighted by atomic mass is 10.1. The Morgan fingerprint density at radius 3 is 2.60 bits per heavy atom. The molecular formula is C20H21N5O4S. The molecule has 3 heterocycles. The number of rotatable bonds is 5. The van der Waals surface area contributed by atoms with Crippen LogP contribution in [-0.4, -0.2) is 46.9 Å². The van der Waals surface area contributed by atoms with Gasteiger partial charge in [-0.3, -0.25) is 9.78 Å². The molecule has 156 valence electrons. The molecule has 30 heavy (non-hydrogen) atoms. The summed E-state index contributed by atoms with van der Waals surface area (Å²) in [5, 5.41) is 10.8. The number of anilines is 1. The molecule has 1 N–H and O–H groups in total. The smallest absolute Gasteiger partial charge is 0.249 e. The van der Waals surface area contributed by atoms with Crippen LogP contribution in [0.3, 0.4) is 0 Å². The van der Waals surface area contributed by atoms with Crippen molar-refractivity contribution in [1.29, 1.82) is 0 Å². The molecule has 4 rings (SSSR count). The summed E-state index contributed by atoms with van der Waals surface area (Å²) in [7, 11) is -3.65. The number of nitrogens with one attached hydrogen (secondary N) is 1. The maximum absolute atomic E-state index is 13.0. The summed E-state index contributed by atoms with van der Waals surface area (Å²) in [6.07, 6.45) is 2.26. The first-order valence-electron chi connectivity index (χ1n) is 9.47. The molecule has 3 aromatic rings. The van der Waals surface area contributed by atoms with Crippen LogP contribution in [0, 0.1) is 6.92 Å². The van der Waals surface area contributed by atoms with E-state index in [0.29, 0.717) is 30.4 Å². The molecule has 1 saturated heterocycles. The van der Waals surface area contributed by atoms with Gasteiger partial charge in [0.05, 0.1) is 16.4 Å². The van der Waals surface area contributed by atoms with Crippen molar-refractivity contribution >= 4 is 21.6 Å². The Hall–Kier alpha value is -3.11. The van der Waals surface area contributed by atoms with Gasteiger partial charge >= 0.3 is 0 Å². The zero-order valence-electron chi connectivity index (χ0n) is 16.6. The second kappa shape index (κ2) is 7.96. The normalized spacial score (nSPS) is 17.2. The number of nitrogens with zero attached hydrogens (tertiary/aromatic N) is 4. The fraction of sp³-hybridized carbons (Fsp3) is 0.300. The van der Waals surface area contributed by atoms with Gasteiger partial charge in [0.25, 0.3) is 0 Å². The molecule has 0 aliphatic carbocycles. The molecule has 1 aliphatic heterocycles. The van der Waals surface area contributed by atoms with E-state index >= 15 is 0 Å². The Bertz CT molecular complexity index is 1160. The molecule has 0 unspecified atom stereocenters. The van der Waals surface area contributed by atoms with Gasteiger partial charge < -0.3 is 9.73 Å². The number of carbonyl (C=O) groups excluding carboxylic acids is 1. The van der Waals surface area contributed by atoms with E-state index in [4.69, 9.17) is 4.42 Å². The number of sulfonamides is 1. The molecule has 0 bridgehead atoms. The van der Waals surface area contributed by atoms with Gasteiger partial charge in [-0.1, -0.05) is 0 Å². The second-order valence-corrected chi connectivity index (χ2v) is 9.13. The zero-order chi connectivity index (χ0) is 21.3. The minimum absolute atomic E-state index is 0.168. The number of aryl methyl sites for hydroxylation is 1. The third-order valence-corrected chi connectivity index (χ3v) is 6.79. The lowest BCUT2D eigenvalue weighted by Gasteiger charge is -2.16. The fourth-order valence-electron chi connectivity index (χ4n) is 3.32. The molecular weight excluding hydrogens is 406 g/mol. The van der Waals surface area contributed by atoms with Crippen LogP contribution in [0.5, 0.6) is 0 Å². The van der Waals surface area contributed by atoms with Gasteiger partial charge in [0.15, 0.2) is 0 Å². The lowest BCUT2D eigenvalue weighted by molar-refractivity contribution is -0.114. The van der Waals surface area contributed by atoms with Crippen LogP contribution >= 0.6 is 0 Å². The van der Waals surface area contributed by atoms with Crippen molar-refractivity contribution in [3.05, 3.63) is 54.2 Å². The number of benzene rings is 1. The summed E-state index contributed by atoms with van der Waals surface area (Å²) in [5.41, 5.74) is 2.16. The van der Waals surface area contributed by atoms with E-state index in [0.717, 1.165) is 11.3 Å². The largest absolute Gasteiger partial charge is 0.420 e. The van der Waals surface area contributed by atoms with Gasteiger partial charge in [0.1, 0.15) is 0 Å². The van der Waals surface area contributed by atoms with Gasteiger partial charge in [-0.15, -0.1) is 10.2 Å². The van der Waals surface area contributed by atoms with Gasteiger partial charge in [0, 0.05) is 37.6 Å². The van der Waals surface area contributed by atoms with Crippen LogP contribution in [0.15, 0.2) is 51.9 Å². The summed E-state index contributed by atoms with van der Waals surface area (Å²) in [4.78, 5) is 15.5. The first-order valence-corrected chi connectivity index (χ1v) is 10.9. The van der Waals surface area contributed by atoms with Gasteiger partial charge in [-0.2, -0.15) is 4.31 Å². The predicted octanol–water partition coefficient (Wildman–Crippen LogP) is 2.58. The number of hydrogen-bond acceptors (Lipinski definition) is 7. The Labute approximate surface area is 174 Å². The van der Waals surface area contributed by atoms with Crippen LogP contribution in [-0.2, 0) is 14.8 Å². The van der Waals surface area contributed by atoms with E-state index in [1.165, 1.54) is 23.4 Å². The van der Waals surface area contributed by atoms with Crippen molar-refractivity contribution in [2.24, 2.45) is 0 Å². The summed E-state index contributed by atoms with van der Waals surface area (Å²) in [6, 6.07) is 9.84. The van der Waals surface area contributed by atoms with Crippen molar-refractivity contribution < 1.29 is 17.6 Å². The predicted molar refractivity (Wildman–Crippen MR) is 109 cm³/mol. The zero-order valence-corrected chi connectivity index (χ0v) is 17.4. The summed E-state index contributed by atoms with van der Waals surface area (Å²) >= 11 is 0. The van der Waals surface area contributed by atoms with Crippen LogP contribution < -0.4 is 5.32 Å². The first kappa shape index (κ1) is 20.2. The number of aromatic nitrogens is 3. The molecule has 1 amide bonds. The van der Waals surface area contributed by atoms with Crippen LogP contribution in [0.4, 0.5) is 5.69 Å². The Balaban J connectivity index is 1.47. The third kappa shape index (κ3) is 4.10. The van der Waals surface area contributed by atoms with E-state index in [1.54, 1.807) is 18.3 Å². The van der Waals surface area contributed by atoms with E-state index in [1.807, 2.05) is 19.1 Å². The van der Waals surface area contributed by atoms with E-state index in [9.17, 15) is 13.2 Å². The topological polar surface area (TPSA) is 118 Å². The van der Waals surface area contributed by atoms with Crippen molar-refractivity contribution in [2.45, 2.75) is 31.1 Å². The van der Waals surface area contributed by atoms with Crippen molar-refractivity contribution in [3.8, 4) is 11.5 Å². The Kier molecular flexibility index (Phi) is 5.35. The maximum atomic E-state index is 13.0. The molecule has 1 aliphatic rings. The van der Waals surface area contributed by atoms with Crippen LogP contribution in [0.1, 0.15) is 30.8 Å². The average Bonchev–Trinajstić information content (AvgIpc) is 3.38. The third-order valence-electron chi connectivity index (χ3n) is 4.91. The second-order valence-electron chi connectivity index (χ2n) is 7.19. The fourth-order valence-corrected chi connectivity index (χ4v) is 4.82. The highest BCUT2D eigenvalue weighted by Crippen LogP contribution is 2.32.